The Morgan fingerprint density at radius 1 is 1.35 bits per heavy atom. The lowest BCUT2D eigenvalue weighted by Gasteiger charge is -2.17. The second-order valence-electron chi connectivity index (χ2n) is 5.63. The van der Waals surface area contributed by atoms with E-state index in [9.17, 15) is 0 Å². The molecule has 0 spiro atoms. The first-order chi connectivity index (χ1) is 9.63. The molecular weight excluding hydrogens is 250 g/mol. The topological polar surface area (TPSA) is 41.3 Å². The Balaban J connectivity index is 1.73. The minimum Gasteiger partial charge on any atom is -0.431 e. The summed E-state index contributed by atoms with van der Waals surface area (Å²) in [5.41, 5.74) is 4.58. The predicted octanol–water partition coefficient (Wildman–Crippen LogP) is 3.31. The summed E-state index contributed by atoms with van der Waals surface area (Å²) in [5.74, 6) is 0. The number of oxazole rings is 1. The molecule has 0 unspecified atom stereocenters. The summed E-state index contributed by atoms with van der Waals surface area (Å²) < 4.78 is 5.59. The van der Waals surface area contributed by atoms with Crippen LogP contribution in [-0.2, 0) is 6.54 Å². The molecule has 0 saturated heterocycles. The van der Waals surface area contributed by atoms with E-state index in [1.807, 2.05) is 11.9 Å². The van der Waals surface area contributed by atoms with Gasteiger partial charge in [0.05, 0.1) is 5.69 Å². The molecule has 1 aliphatic carbocycles. The number of benzene rings is 1. The van der Waals surface area contributed by atoms with Crippen molar-refractivity contribution in [2.45, 2.75) is 39.3 Å². The molecular formula is C16H21N3O. The highest BCUT2D eigenvalue weighted by Gasteiger charge is 2.21. The largest absolute Gasteiger partial charge is 0.431 e. The van der Waals surface area contributed by atoms with Crippen LogP contribution in [0.1, 0.15) is 29.7 Å². The Labute approximate surface area is 119 Å². The average molecular weight is 271 g/mol. The lowest BCUT2D eigenvalue weighted by molar-refractivity contribution is 0.557. The van der Waals surface area contributed by atoms with E-state index in [-0.39, 0.29) is 0 Å². The molecule has 4 nitrogen and oxygen atoms in total. The van der Waals surface area contributed by atoms with E-state index in [4.69, 9.17) is 4.42 Å². The Kier molecular flexibility index (Phi) is 3.49. The van der Waals surface area contributed by atoms with E-state index >= 15 is 0 Å². The first kappa shape index (κ1) is 13.2. The molecule has 1 saturated carbocycles. The monoisotopic (exact) mass is 271 g/mol. The van der Waals surface area contributed by atoms with Gasteiger partial charge in [-0.05, 0) is 38.3 Å². The molecule has 0 amide bonds. The number of anilines is 2. The van der Waals surface area contributed by atoms with Gasteiger partial charge in [-0.25, -0.2) is 0 Å². The van der Waals surface area contributed by atoms with E-state index < -0.39 is 0 Å². The molecule has 1 aromatic carbocycles. The molecule has 1 heterocycles. The first-order valence-electron chi connectivity index (χ1n) is 7.12. The summed E-state index contributed by atoms with van der Waals surface area (Å²) in [7, 11) is 1.99. The maximum absolute atomic E-state index is 5.59. The van der Waals surface area contributed by atoms with Crippen molar-refractivity contribution in [1.82, 2.24) is 10.3 Å². The van der Waals surface area contributed by atoms with Gasteiger partial charge >= 0.3 is 6.01 Å². The van der Waals surface area contributed by atoms with Crippen LogP contribution in [0.15, 0.2) is 28.9 Å². The SMILES string of the molecule is Cc1ccc(N(C)c2nc(CNC3CC3)co2)c(C)c1. The molecule has 1 aromatic heterocycles. The Hall–Kier alpha value is -1.81. The zero-order valence-electron chi connectivity index (χ0n) is 12.3. The van der Waals surface area contributed by atoms with Crippen LogP contribution < -0.4 is 10.2 Å². The van der Waals surface area contributed by atoms with Crippen molar-refractivity contribution >= 4 is 11.7 Å². The fourth-order valence-electron chi connectivity index (χ4n) is 2.35. The number of aryl methyl sites for hydroxylation is 2. The van der Waals surface area contributed by atoms with Crippen LogP contribution in [0.4, 0.5) is 11.7 Å². The van der Waals surface area contributed by atoms with E-state index in [0.717, 1.165) is 17.9 Å². The standard InChI is InChI=1S/C16H21N3O/c1-11-4-7-15(12(2)8-11)19(3)16-18-14(10-20-16)9-17-13-5-6-13/h4,7-8,10,13,17H,5-6,9H2,1-3H3. The van der Waals surface area contributed by atoms with Crippen LogP contribution in [0, 0.1) is 13.8 Å². The Bertz CT molecular complexity index is 602. The molecule has 4 heteroatoms. The molecule has 0 atom stereocenters. The molecule has 106 valence electrons. The second kappa shape index (κ2) is 5.29. The predicted molar refractivity (Wildman–Crippen MR) is 80.3 cm³/mol. The highest BCUT2D eigenvalue weighted by molar-refractivity contribution is 5.60. The van der Waals surface area contributed by atoms with Crippen LogP contribution in [0.5, 0.6) is 0 Å². The van der Waals surface area contributed by atoms with E-state index in [2.05, 4.69) is 42.3 Å². The third-order valence-electron chi connectivity index (χ3n) is 3.69. The summed E-state index contributed by atoms with van der Waals surface area (Å²) in [6, 6.07) is 7.72. The molecule has 0 bridgehead atoms. The first-order valence-corrected chi connectivity index (χ1v) is 7.12. The van der Waals surface area contributed by atoms with Gasteiger partial charge in [-0.1, -0.05) is 17.7 Å². The molecule has 1 aliphatic rings. The van der Waals surface area contributed by atoms with Gasteiger partial charge in [-0.15, -0.1) is 0 Å². The van der Waals surface area contributed by atoms with Crippen molar-refractivity contribution in [3.8, 4) is 0 Å². The summed E-state index contributed by atoms with van der Waals surface area (Å²) >= 11 is 0. The quantitative estimate of drug-likeness (QED) is 0.906. The number of nitrogens with zero attached hydrogens (tertiary/aromatic N) is 2. The van der Waals surface area contributed by atoms with Crippen LogP contribution in [0.3, 0.4) is 0 Å². The van der Waals surface area contributed by atoms with Crippen LogP contribution in [0.2, 0.25) is 0 Å². The van der Waals surface area contributed by atoms with Gasteiger partial charge in [0.2, 0.25) is 0 Å². The summed E-state index contributed by atoms with van der Waals surface area (Å²) in [6.07, 6.45) is 4.31. The normalized spacial score (nSPS) is 14.6. The highest BCUT2D eigenvalue weighted by Crippen LogP contribution is 2.27. The maximum Gasteiger partial charge on any atom is 0.301 e. The van der Waals surface area contributed by atoms with Crippen LogP contribution in [-0.4, -0.2) is 18.1 Å². The molecule has 1 fully saturated rings. The van der Waals surface area contributed by atoms with Crippen molar-refractivity contribution in [1.29, 1.82) is 0 Å². The zero-order valence-corrected chi connectivity index (χ0v) is 12.3. The molecule has 0 aliphatic heterocycles. The maximum atomic E-state index is 5.59. The molecule has 3 rings (SSSR count). The van der Waals surface area contributed by atoms with Gasteiger partial charge in [0.1, 0.15) is 6.26 Å². The van der Waals surface area contributed by atoms with Gasteiger partial charge in [-0.3, -0.25) is 4.90 Å². The number of hydrogen-bond acceptors (Lipinski definition) is 4. The van der Waals surface area contributed by atoms with Crippen molar-refractivity contribution in [2.24, 2.45) is 0 Å². The Morgan fingerprint density at radius 3 is 2.85 bits per heavy atom. The molecule has 20 heavy (non-hydrogen) atoms. The number of aromatic nitrogens is 1. The van der Waals surface area contributed by atoms with Crippen molar-refractivity contribution in [2.75, 3.05) is 11.9 Å². The fraction of sp³-hybridized carbons (Fsp3) is 0.438. The number of hydrogen-bond donors (Lipinski definition) is 1. The molecule has 1 N–H and O–H groups in total. The third-order valence-corrected chi connectivity index (χ3v) is 3.69. The summed E-state index contributed by atoms with van der Waals surface area (Å²) in [4.78, 5) is 6.54. The van der Waals surface area contributed by atoms with Crippen molar-refractivity contribution in [3.63, 3.8) is 0 Å². The van der Waals surface area contributed by atoms with Crippen molar-refractivity contribution < 1.29 is 4.42 Å². The van der Waals surface area contributed by atoms with Gasteiger partial charge in [0.15, 0.2) is 0 Å². The van der Waals surface area contributed by atoms with E-state index in [1.54, 1.807) is 6.26 Å². The fourth-order valence-corrected chi connectivity index (χ4v) is 2.35. The lowest BCUT2D eigenvalue weighted by atomic mass is 10.1. The smallest absolute Gasteiger partial charge is 0.301 e. The van der Waals surface area contributed by atoms with E-state index in [1.165, 1.54) is 24.0 Å². The summed E-state index contributed by atoms with van der Waals surface area (Å²) in [5, 5.41) is 3.44. The van der Waals surface area contributed by atoms with Gasteiger partial charge < -0.3 is 9.73 Å². The lowest BCUT2D eigenvalue weighted by Crippen LogP contribution is -2.16. The van der Waals surface area contributed by atoms with Crippen LogP contribution in [0.25, 0.3) is 0 Å². The van der Waals surface area contributed by atoms with E-state index in [0.29, 0.717) is 12.1 Å². The minimum absolute atomic E-state index is 0.643. The minimum atomic E-state index is 0.643. The Morgan fingerprint density at radius 2 is 2.15 bits per heavy atom. The average Bonchev–Trinajstić information content (AvgIpc) is 3.13. The zero-order chi connectivity index (χ0) is 14.1. The number of nitrogens with one attached hydrogen (secondary N) is 1. The summed E-state index contributed by atoms with van der Waals surface area (Å²) in [6.45, 7) is 5.00. The molecule has 2 aromatic rings. The highest BCUT2D eigenvalue weighted by atomic mass is 16.4. The number of rotatable bonds is 5. The van der Waals surface area contributed by atoms with Gasteiger partial charge in [0, 0.05) is 25.3 Å². The van der Waals surface area contributed by atoms with Gasteiger partial charge in [-0.2, -0.15) is 4.98 Å². The van der Waals surface area contributed by atoms with Crippen molar-refractivity contribution in [3.05, 3.63) is 41.3 Å². The van der Waals surface area contributed by atoms with Gasteiger partial charge in [0.25, 0.3) is 0 Å². The third kappa shape index (κ3) is 2.85. The second-order valence-corrected chi connectivity index (χ2v) is 5.63. The molecule has 0 radical (unpaired) electrons. The van der Waals surface area contributed by atoms with Crippen LogP contribution >= 0.6 is 0 Å².